The van der Waals surface area contributed by atoms with Crippen LogP contribution in [0.1, 0.15) is 5.56 Å². The van der Waals surface area contributed by atoms with Crippen molar-refractivity contribution in [3.63, 3.8) is 0 Å². The second kappa shape index (κ2) is 3.17. The summed E-state index contributed by atoms with van der Waals surface area (Å²) in [5.41, 5.74) is 2.30. The molecule has 2 heterocycles. The molecule has 0 aliphatic heterocycles. The van der Waals surface area contributed by atoms with E-state index in [1.807, 2.05) is 18.3 Å². The zero-order valence-electron chi connectivity index (χ0n) is 8.21. The van der Waals surface area contributed by atoms with E-state index in [1.165, 1.54) is 10.3 Å². The molecule has 0 unspecified atom stereocenters. The monoisotopic (exact) mass is 215 g/mol. The number of rotatable bonds is 1. The van der Waals surface area contributed by atoms with Crippen molar-refractivity contribution in [2.45, 2.75) is 6.92 Å². The highest BCUT2D eigenvalue weighted by Gasteiger charge is 2.05. The third-order valence-electron chi connectivity index (χ3n) is 2.23. The number of hydrogen-bond donors (Lipinski definition) is 0. The first-order chi connectivity index (χ1) is 7.33. The van der Waals surface area contributed by atoms with E-state index in [4.69, 9.17) is 0 Å². The Kier molecular flexibility index (Phi) is 1.82. The smallest absolute Gasteiger partial charge is 0.211 e. The number of benzene rings is 1. The van der Waals surface area contributed by atoms with Gasteiger partial charge in [0.2, 0.25) is 5.13 Å². The summed E-state index contributed by atoms with van der Waals surface area (Å²) in [7, 11) is 0. The molecule has 0 fully saturated rings. The minimum atomic E-state index is 0.917. The number of nitrogens with zero attached hydrogens (tertiary/aromatic N) is 3. The van der Waals surface area contributed by atoms with Crippen molar-refractivity contribution in [3.8, 4) is 5.13 Å². The van der Waals surface area contributed by atoms with Crippen LogP contribution < -0.4 is 0 Å². The summed E-state index contributed by atoms with van der Waals surface area (Å²) in [6, 6.07) is 8.18. The zero-order chi connectivity index (χ0) is 10.3. The van der Waals surface area contributed by atoms with E-state index in [0.717, 1.165) is 10.6 Å². The largest absolute Gasteiger partial charge is 0.218 e. The van der Waals surface area contributed by atoms with Crippen LogP contribution in [0.2, 0.25) is 0 Å². The second-order valence-corrected chi connectivity index (χ2v) is 4.43. The van der Waals surface area contributed by atoms with Crippen molar-refractivity contribution in [1.29, 1.82) is 0 Å². The fourth-order valence-electron chi connectivity index (χ4n) is 1.50. The number of aryl methyl sites for hydroxylation is 1. The van der Waals surface area contributed by atoms with Crippen molar-refractivity contribution in [2.75, 3.05) is 0 Å². The maximum Gasteiger partial charge on any atom is 0.211 e. The van der Waals surface area contributed by atoms with Gasteiger partial charge in [-0.05, 0) is 30.7 Å². The van der Waals surface area contributed by atoms with Crippen molar-refractivity contribution < 1.29 is 0 Å². The molecule has 0 spiro atoms. The Morgan fingerprint density at radius 1 is 1.33 bits per heavy atom. The van der Waals surface area contributed by atoms with Crippen molar-refractivity contribution in [1.82, 2.24) is 14.8 Å². The van der Waals surface area contributed by atoms with Gasteiger partial charge in [0.15, 0.2) is 0 Å². The van der Waals surface area contributed by atoms with Crippen molar-refractivity contribution in [2.24, 2.45) is 0 Å². The van der Waals surface area contributed by atoms with Crippen LogP contribution in [0.15, 0.2) is 36.7 Å². The molecule has 2 aromatic heterocycles. The Morgan fingerprint density at radius 2 is 2.27 bits per heavy atom. The first-order valence-corrected chi connectivity index (χ1v) is 5.52. The van der Waals surface area contributed by atoms with Crippen LogP contribution in [0.4, 0.5) is 0 Å². The highest BCUT2D eigenvalue weighted by molar-refractivity contribution is 7.20. The van der Waals surface area contributed by atoms with Crippen LogP contribution in [0.3, 0.4) is 0 Å². The minimum absolute atomic E-state index is 0.917. The van der Waals surface area contributed by atoms with E-state index >= 15 is 0 Å². The molecule has 0 aliphatic rings. The molecule has 4 heteroatoms. The molecular formula is C11H9N3S. The van der Waals surface area contributed by atoms with Crippen LogP contribution in [-0.2, 0) is 0 Å². The molecule has 3 aromatic rings. The summed E-state index contributed by atoms with van der Waals surface area (Å²) in [6.45, 7) is 2.09. The average Bonchev–Trinajstić information content (AvgIpc) is 2.84. The van der Waals surface area contributed by atoms with E-state index < -0.39 is 0 Å². The molecule has 0 saturated carbocycles. The summed E-state index contributed by atoms with van der Waals surface area (Å²) >= 11 is 1.66. The fraction of sp³-hybridized carbons (Fsp3) is 0.0909. The molecule has 0 bridgehead atoms. The molecule has 0 N–H and O–H groups in total. The molecule has 3 nitrogen and oxygen atoms in total. The molecule has 15 heavy (non-hydrogen) atoms. The van der Waals surface area contributed by atoms with Gasteiger partial charge in [-0.1, -0.05) is 17.4 Å². The highest BCUT2D eigenvalue weighted by Crippen LogP contribution is 2.24. The predicted molar refractivity (Wildman–Crippen MR) is 61.5 cm³/mol. The summed E-state index contributed by atoms with van der Waals surface area (Å²) in [5.74, 6) is 0. The second-order valence-electron chi connectivity index (χ2n) is 3.42. The van der Waals surface area contributed by atoms with Crippen LogP contribution in [0.5, 0.6) is 0 Å². The van der Waals surface area contributed by atoms with Gasteiger partial charge in [0.1, 0.15) is 0 Å². The Labute approximate surface area is 91.0 Å². The van der Waals surface area contributed by atoms with E-state index in [2.05, 4.69) is 29.1 Å². The van der Waals surface area contributed by atoms with Crippen molar-refractivity contribution >= 4 is 21.6 Å². The Hall–Kier alpha value is -1.68. The minimum Gasteiger partial charge on any atom is -0.218 e. The summed E-state index contributed by atoms with van der Waals surface area (Å²) in [4.78, 5) is 4.52. The van der Waals surface area contributed by atoms with Gasteiger partial charge in [0.05, 0.1) is 10.2 Å². The molecule has 3 rings (SSSR count). The Morgan fingerprint density at radius 3 is 3.07 bits per heavy atom. The van der Waals surface area contributed by atoms with Crippen LogP contribution in [0, 0.1) is 6.92 Å². The zero-order valence-corrected chi connectivity index (χ0v) is 9.03. The molecule has 0 saturated heterocycles. The van der Waals surface area contributed by atoms with Gasteiger partial charge in [-0.3, -0.25) is 0 Å². The first-order valence-electron chi connectivity index (χ1n) is 4.70. The molecule has 0 aliphatic carbocycles. The topological polar surface area (TPSA) is 30.7 Å². The van der Waals surface area contributed by atoms with E-state index in [1.54, 1.807) is 22.2 Å². The maximum atomic E-state index is 4.52. The summed E-state index contributed by atoms with van der Waals surface area (Å²) < 4.78 is 3.00. The lowest BCUT2D eigenvalue weighted by atomic mass is 10.2. The highest BCUT2D eigenvalue weighted by atomic mass is 32.1. The molecule has 74 valence electrons. The van der Waals surface area contributed by atoms with Gasteiger partial charge >= 0.3 is 0 Å². The van der Waals surface area contributed by atoms with E-state index in [0.29, 0.717) is 0 Å². The van der Waals surface area contributed by atoms with Crippen LogP contribution in [0.25, 0.3) is 15.3 Å². The maximum absolute atomic E-state index is 4.52. The third-order valence-corrected chi connectivity index (χ3v) is 3.24. The quantitative estimate of drug-likeness (QED) is 0.625. The fourth-order valence-corrected chi connectivity index (χ4v) is 2.50. The normalized spacial score (nSPS) is 11.0. The van der Waals surface area contributed by atoms with Crippen LogP contribution in [-0.4, -0.2) is 14.8 Å². The van der Waals surface area contributed by atoms with Gasteiger partial charge in [-0.2, -0.15) is 5.10 Å². The molecule has 1 aromatic carbocycles. The predicted octanol–water partition coefficient (Wildman–Crippen LogP) is 2.79. The van der Waals surface area contributed by atoms with Crippen molar-refractivity contribution in [3.05, 3.63) is 42.2 Å². The number of fused-ring (bicyclic) bond motifs is 1. The van der Waals surface area contributed by atoms with Gasteiger partial charge < -0.3 is 0 Å². The average molecular weight is 215 g/mol. The summed E-state index contributed by atoms with van der Waals surface area (Å²) in [6.07, 6.45) is 3.67. The van der Waals surface area contributed by atoms with Gasteiger partial charge in [-0.15, -0.1) is 0 Å². The molecule has 0 radical (unpaired) electrons. The van der Waals surface area contributed by atoms with E-state index in [9.17, 15) is 0 Å². The standard InChI is InChI=1S/C11H9N3S/c1-8-3-4-9-10(7-8)15-11(13-9)14-6-2-5-12-14/h2-7H,1H3. The van der Waals surface area contributed by atoms with E-state index in [-0.39, 0.29) is 0 Å². The van der Waals surface area contributed by atoms with Gasteiger partial charge in [0, 0.05) is 12.4 Å². The first kappa shape index (κ1) is 8.61. The summed E-state index contributed by atoms with van der Waals surface area (Å²) in [5, 5.41) is 5.09. The Bertz CT molecular complexity index is 595. The van der Waals surface area contributed by atoms with Gasteiger partial charge in [0.25, 0.3) is 0 Å². The molecule has 0 amide bonds. The number of aromatic nitrogens is 3. The lowest BCUT2D eigenvalue weighted by molar-refractivity contribution is 0.873. The SMILES string of the molecule is Cc1ccc2nc(-n3cccn3)sc2c1. The third kappa shape index (κ3) is 1.43. The Balaban J connectivity index is 2.22. The van der Waals surface area contributed by atoms with Crippen LogP contribution >= 0.6 is 11.3 Å². The molecular weight excluding hydrogens is 206 g/mol. The lowest BCUT2D eigenvalue weighted by Gasteiger charge is -1.90. The lowest BCUT2D eigenvalue weighted by Crippen LogP contribution is -1.91. The van der Waals surface area contributed by atoms with Gasteiger partial charge in [-0.25, -0.2) is 9.67 Å². The molecule has 0 atom stereocenters. The number of thiazole rings is 1. The number of hydrogen-bond acceptors (Lipinski definition) is 3.